The Labute approximate surface area is 163 Å². The van der Waals surface area contributed by atoms with Gasteiger partial charge in [0.15, 0.2) is 0 Å². The Morgan fingerprint density at radius 2 is 1.56 bits per heavy atom. The van der Waals surface area contributed by atoms with Crippen LogP contribution in [0.5, 0.6) is 5.75 Å². The maximum Gasteiger partial charge on any atom is 0.133 e. The molecule has 0 aliphatic rings. The average Bonchev–Trinajstić information content (AvgIpc) is 2.61. The predicted octanol–water partition coefficient (Wildman–Crippen LogP) is 5.57. The third kappa shape index (κ3) is 5.65. The molecule has 0 amide bonds. The molecule has 1 N–H and O–H groups in total. The third-order valence-electron chi connectivity index (χ3n) is 4.44. The zero-order valence-corrected chi connectivity index (χ0v) is 17.2. The minimum atomic E-state index is -0.883. The van der Waals surface area contributed by atoms with E-state index in [0.717, 1.165) is 16.9 Å². The summed E-state index contributed by atoms with van der Waals surface area (Å²) >= 11 is 0. The Balaban J connectivity index is 2.33. The van der Waals surface area contributed by atoms with Crippen molar-refractivity contribution in [3.63, 3.8) is 0 Å². The van der Waals surface area contributed by atoms with Crippen molar-refractivity contribution in [2.24, 2.45) is 0 Å². The first-order chi connectivity index (χ1) is 12.7. The van der Waals surface area contributed by atoms with Crippen LogP contribution in [-0.4, -0.2) is 24.0 Å². The second kappa shape index (κ2) is 8.68. The largest absolute Gasteiger partial charge is 0.497 e. The molecule has 0 radical (unpaired) electrons. The van der Waals surface area contributed by atoms with E-state index in [1.165, 1.54) is 0 Å². The van der Waals surface area contributed by atoms with Crippen molar-refractivity contribution in [1.29, 1.82) is 5.41 Å². The molecule has 0 bridgehead atoms. The van der Waals surface area contributed by atoms with Crippen LogP contribution in [0.15, 0.2) is 54.6 Å². The number of hydrogen-bond donors (Lipinski definition) is 1. The van der Waals surface area contributed by atoms with Crippen LogP contribution < -0.4 is 4.74 Å². The summed E-state index contributed by atoms with van der Waals surface area (Å²) < 4.78 is 17.9. The van der Waals surface area contributed by atoms with Gasteiger partial charge in [-0.25, -0.2) is 0 Å². The summed E-state index contributed by atoms with van der Waals surface area (Å²) in [6.45, 7) is 10.1. The molecule has 2 aromatic carbocycles. The normalized spacial score (nSPS) is 15.0. The van der Waals surface area contributed by atoms with E-state index in [1.807, 2.05) is 82.3 Å². The standard InChI is InChI=1S/C23H31NO3/c1-17(24)23(5,27-22(2,3)4)21(19-10-8-7-9-11-19)26-16-18-12-14-20(25-6)15-13-18/h7-15,21,24H,16H2,1-6H3/t21-,23+/m1/s1. The van der Waals surface area contributed by atoms with Gasteiger partial charge in [0.25, 0.3) is 0 Å². The van der Waals surface area contributed by atoms with Crippen LogP contribution in [0, 0.1) is 5.41 Å². The highest BCUT2D eigenvalue weighted by Crippen LogP contribution is 2.37. The van der Waals surface area contributed by atoms with E-state index < -0.39 is 17.3 Å². The Bertz CT molecular complexity index is 734. The fraction of sp³-hybridized carbons (Fsp3) is 0.435. The van der Waals surface area contributed by atoms with Gasteiger partial charge in [0, 0.05) is 5.71 Å². The molecule has 4 heteroatoms. The van der Waals surface area contributed by atoms with Crippen LogP contribution in [0.2, 0.25) is 0 Å². The minimum Gasteiger partial charge on any atom is -0.497 e. The highest BCUT2D eigenvalue weighted by molar-refractivity contribution is 5.88. The van der Waals surface area contributed by atoms with Crippen LogP contribution in [0.4, 0.5) is 0 Å². The Kier molecular flexibility index (Phi) is 6.79. The van der Waals surface area contributed by atoms with Gasteiger partial charge in [-0.05, 0) is 57.9 Å². The number of nitrogens with one attached hydrogen (secondary N) is 1. The molecule has 0 aliphatic carbocycles. The van der Waals surface area contributed by atoms with Crippen LogP contribution in [0.25, 0.3) is 0 Å². The molecule has 4 nitrogen and oxygen atoms in total. The molecule has 0 aromatic heterocycles. The number of benzene rings is 2. The van der Waals surface area contributed by atoms with Crippen LogP contribution in [0.3, 0.4) is 0 Å². The molecular formula is C23H31NO3. The second-order valence-electron chi connectivity index (χ2n) is 7.90. The topological polar surface area (TPSA) is 51.5 Å². The zero-order chi connectivity index (χ0) is 20.1. The highest BCUT2D eigenvalue weighted by atomic mass is 16.6. The van der Waals surface area contributed by atoms with E-state index in [0.29, 0.717) is 12.3 Å². The van der Waals surface area contributed by atoms with E-state index in [4.69, 9.17) is 19.6 Å². The second-order valence-corrected chi connectivity index (χ2v) is 7.90. The maximum absolute atomic E-state index is 8.42. The molecule has 0 heterocycles. The molecule has 0 saturated carbocycles. The Morgan fingerprint density at radius 3 is 2.04 bits per heavy atom. The van der Waals surface area contributed by atoms with Gasteiger partial charge in [-0.3, -0.25) is 0 Å². The van der Waals surface area contributed by atoms with E-state index in [9.17, 15) is 0 Å². The molecule has 0 saturated heterocycles. The van der Waals surface area contributed by atoms with Crippen molar-refractivity contribution in [3.8, 4) is 5.75 Å². The number of rotatable bonds is 8. The van der Waals surface area contributed by atoms with E-state index in [-0.39, 0.29) is 0 Å². The highest BCUT2D eigenvalue weighted by Gasteiger charge is 2.42. The number of methoxy groups -OCH3 is 1. The van der Waals surface area contributed by atoms with Gasteiger partial charge < -0.3 is 19.6 Å². The van der Waals surface area contributed by atoms with Gasteiger partial charge in [-0.2, -0.15) is 0 Å². The Morgan fingerprint density at radius 1 is 0.963 bits per heavy atom. The lowest BCUT2D eigenvalue weighted by atomic mass is 9.87. The van der Waals surface area contributed by atoms with Crippen molar-refractivity contribution >= 4 is 5.71 Å². The lowest BCUT2D eigenvalue weighted by Gasteiger charge is -2.42. The monoisotopic (exact) mass is 369 g/mol. The summed E-state index contributed by atoms with van der Waals surface area (Å²) in [4.78, 5) is 0. The van der Waals surface area contributed by atoms with Gasteiger partial charge in [-0.1, -0.05) is 42.5 Å². The van der Waals surface area contributed by atoms with Crippen molar-refractivity contribution < 1.29 is 14.2 Å². The van der Waals surface area contributed by atoms with Crippen molar-refractivity contribution in [2.45, 2.75) is 58.5 Å². The first kappa shape index (κ1) is 21.1. The molecule has 0 spiro atoms. The van der Waals surface area contributed by atoms with Crippen molar-refractivity contribution in [3.05, 3.63) is 65.7 Å². The zero-order valence-electron chi connectivity index (χ0n) is 17.2. The first-order valence-corrected chi connectivity index (χ1v) is 9.21. The fourth-order valence-electron chi connectivity index (χ4n) is 3.07. The molecule has 0 aliphatic heterocycles. The molecule has 146 valence electrons. The Hall–Kier alpha value is -2.17. The number of ether oxygens (including phenoxy) is 3. The molecule has 0 unspecified atom stereocenters. The summed E-state index contributed by atoms with van der Waals surface area (Å²) in [5.41, 5.74) is 1.17. The fourth-order valence-corrected chi connectivity index (χ4v) is 3.07. The van der Waals surface area contributed by atoms with Gasteiger partial charge in [0.1, 0.15) is 17.5 Å². The van der Waals surface area contributed by atoms with Crippen LogP contribution in [0.1, 0.15) is 51.8 Å². The van der Waals surface area contributed by atoms with Gasteiger partial charge >= 0.3 is 0 Å². The molecule has 2 aromatic rings. The molecular weight excluding hydrogens is 338 g/mol. The summed E-state index contributed by atoms with van der Waals surface area (Å²) in [5, 5.41) is 8.42. The molecule has 2 rings (SSSR count). The SMILES string of the molecule is COc1ccc(CO[C@H](c2ccccc2)[C@@](C)(OC(C)(C)C)C(C)=N)cc1. The molecule has 2 atom stereocenters. The van der Waals surface area contributed by atoms with Crippen LogP contribution >= 0.6 is 0 Å². The minimum absolute atomic E-state index is 0.405. The molecule has 0 fully saturated rings. The van der Waals surface area contributed by atoms with Gasteiger partial charge in [-0.15, -0.1) is 0 Å². The lowest BCUT2D eigenvalue weighted by molar-refractivity contribution is -0.159. The quantitative estimate of drug-likeness (QED) is 0.619. The van der Waals surface area contributed by atoms with Crippen molar-refractivity contribution in [2.75, 3.05) is 7.11 Å². The molecule has 27 heavy (non-hydrogen) atoms. The predicted molar refractivity (Wildman–Crippen MR) is 110 cm³/mol. The summed E-state index contributed by atoms with van der Waals surface area (Å²) in [7, 11) is 1.65. The maximum atomic E-state index is 8.42. The van der Waals surface area contributed by atoms with E-state index in [2.05, 4.69) is 0 Å². The first-order valence-electron chi connectivity index (χ1n) is 9.21. The summed E-state index contributed by atoms with van der Waals surface area (Å²) in [6.07, 6.45) is -0.405. The van der Waals surface area contributed by atoms with Gasteiger partial charge in [0.2, 0.25) is 0 Å². The third-order valence-corrected chi connectivity index (χ3v) is 4.44. The number of hydrogen-bond acceptors (Lipinski definition) is 4. The summed E-state index contributed by atoms with van der Waals surface area (Å²) in [5.74, 6) is 0.814. The van der Waals surface area contributed by atoms with Gasteiger partial charge in [0.05, 0.1) is 19.3 Å². The van der Waals surface area contributed by atoms with Crippen LogP contribution in [-0.2, 0) is 16.1 Å². The average molecular weight is 370 g/mol. The van der Waals surface area contributed by atoms with E-state index in [1.54, 1.807) is 14.0 Å². The smallest absolute Gasteiger partial charge is 0.133 e. The lowest BCUT2D eigenvalue weighted by Crippen LogP contribution is -2.48. The summed E-state index contributed by atoms with van der Waals surface area (Å²) in [6, 6.07) is 17.8. The van der Waals surface area contributed by atoms with Crippen molar-refractivity contribution in [1.82, 2.24) is 0 Å². The van der Waals surface area contributed by atoms with E-state index >= 15 is 0 Å².